The molecule has 4 heteroatoms. The lowest BCUT2D eigenvalue weighted by Gasteiger charge is -2.32. The third kappa shape index (κ3) is 1.55. The average molecular weight is 257 g/mol. The zero-order valence-electron chi connectivity index (χ0n) is 10.6. The van der Waals surface area contributed by atoms with E-state index in [0.717, 1.165) is 24.2 Å². The van der Waals surface area contributed by atoms with E-state index in [0.29, 0.717) is 30.8 Å². The van der Waals surface area contributed by atoms with Gasteiger partial charge in [0, 0.05) is 23.8 Å². The summed E-state index contributed by atoms with van der Waals surface area (Å²) in [4.78, 5) is 0. The second-order valence-electron chi connectivity index (χ2n) is 5.86. The predicted molar refractivity (Wildman–Crippen MR) is 67.2 cm³/mol. The van der Waals surface area contributed by atoms with E-state index in [-0.39, 0.29) is 17.6 Å². The standard InChI is InChI=1S/C15H15NO3/c16-7-9-1-2-12-13(15(3-4-15)8-18-12)14(9)19-11-5-10(17)6-11/h1-2,10-11,17H,3-6,8H2. The van der Waals surface area contributed by atoms with Gasteiger partial charge in [-0.05, 0) is 25.0 Å². The van der Waals surface area contributed by atoms with E-state index < -0.39 is 0 Å². The van der Waals surface area contributed by atoms with Crippen LogP contribution in [0.3, 0.4) is 0 Å². The molecular formula is C15H15NO3. The van der Waals surface area contributed by atoms with Crippen molar-refractivity contribution < 1.29 is 14.6 Å². The number of hydrogen-bond acceptors (Lipinski definition) is 4. The lowest BCUT2D eigenvalue weighted by Crippen LogP contribution is -2.38. The Morgan fingerprint density at radius 2 is 2.16 bits per heavy atom. The second kappa shape index (κ2) is 3.64. The summed E-state index contributed by atoms with van der Waals surface area (Å²) < 4.78 is 11.7. The SMILES string of the molecule is N#Cc1ccc2c(c1OC1CC(O)C1)C1(CC1)CO2. The van der Waals surface area contributed by atoms with Gasteiger partial charge in [0.1, 0.15) is 23.7 Å². The summed E-state index contributed by atoms with van der Waals surface area (Å²) in [6.07, 6.45) is 3.31. The first-order chi connectivity index (χ1) is 9.22. The summed E-state index contributed by atoms with van der Waals surface area (Å²) in [6, 6.07) is 5.86. The molecule has 0 amide bonds. The molecule has 2 saturated carbocycles. The van der Waals surface area contributed by atoms with Crippen molar-refractivity contribution >= 4 is 0 Å². The number of nitriles is 1. The Bertz CT molecular complexity index is 580. The molecule has 2 aliphatic carbocycles. The number of aliphatic hydroxyl groups is 1. The summed E-state index contributed by atoms with van der Waals surface area (Å²) in [5, 5.41) is 18.6. The first kappa shape index (κ1) is 11.1. The molecule has 0 atom stereocenters. The van der Waals surface area contributed by atoms with E-state index >= 15 is 0 Å². The van der Waals surface area contributed by atoms with Gasteiger partial charge in [-0.2, -0.15) is 5.26 Å². The van der Waals surface area contributed by atoms with Crippen molar-refractivity contribution in [1.29, 1.82) is 5.26 Å². The van der Waals surface area contributed by atoms with Crippen LogP contribution in [-0.2, 0) is 5.41 Å². The van der Waals surface area contributed by atoms with Gasteiger partial charge < -0.3 is 14.6 Å². The van der Waals surface area contributed by atoms with Crippen LogP contribution in [0.25, 0.3) is 0 Å². The van der Waals surface area contributed by atoms with E-state index in [4.69, 9.17) is 9.47 Å². The van der Waals surface area contributed by atoms with Crippen LogP contribution in [0.15, 0.2) is 12.1 Å². The molecule has 0 saturated heterocycles. The fourth-order valence-corrected chi connectivity index (χ4v) is 3.03. The highest BCUT2D eigenvalue weighted by molar-refractivity contribution is 5.61. The second-order valence-corrected chi connectivity index (χ2v) is 5.86. The zero-order chi connectivity index (χ0) is 13.0. The van der Waals surface area contributed by atoms with Crippen LogP contribution in [0.4, 0.5) is 0 Å². The smallest absolute Gasteiger partial charge is 0.145 e. The maximum atomic E-state index is 9.36. The van der Waals surface area contributed by atoms with Gasteiger partial charge in [-0.25, -0.2) is 0 Å². The highest BCUT2D eigenvalue weighted by Gasteiger charge is 2.53. The number of nitrogens with zero attached hydrogens (tertiary/aromatic N) is 1. The number of hydrogen-bond donors (Lipinski definition) is 1. The Morgan fingerprint density at radius 3 is 2.79 bits per heavy atom. The van der Waals surface area contributed by atoms with Gasteiger partial charge in [0.05, 0.1) is 18.3 Å². The van der Waals surface area contributed by atoms with E-state index in [9.17, 15) is 10.4 Å². The molecule has 1 heterocycles. The molecule has 0 radical (unpaired) electrons. The molecule has 1 aromatic rings. The van der Waals surface area contributed by atoms with E-state index in [1.54, 1.807) is 6.07 Å². The van der Waals surface area contributed by atoms with Gasteiger partial charge in [0.2, 0.25) is 0 Å². The van der Waals surface area contributed by atoms with Gasteiger partial charge >= 0.3 is 0 Å². The van der Waals surface area contributed by atoms with Crippen molar-refractivity contribution in [1.82, 2.24) is 0 Å². The van der Waals surface area contributed by atoms with Gasteiger partial charge in [-0.1, -0.05) is 0 Å². The molecule has 1 spiro atoms. The maximum Gasteiger partial charge on any atom is 0.145 e. The van der Waals surface area contributed by atoms with Gasteiger partial charge in [0.15, 0.2) is 0 Å². The van der Waals surface area contributed by atoms with Crippen LogP contribution < -0.4 is 9.47 Å². The van der Waals surface area contributed by atoms with Crippen LogP contribution in [0.5, 0.6) is 11.5 Å². The Morgan fingerprint density at radius 1 is 1.37 bits per heavy atom. The summed E-state index contributed by atoms with van der Waals surface area (Å²) in [6.45, 7) is 0.709. The first-order valence-electron chi connectivity index (χ1n) is 6.77. The van der Waals surface area contributed by atoms with Gasteiger partial charge in [-0.15, -0.1) is 0 Å². The quantitative estimate of drug-likeness (QED) is 0.878. The molecule has 1 N–H and O–H groups in total. The molecule has 0 bridgehead atoms. The molecule has 4 rings (SSSR count). The maximum absolute atomic E-state index is 9.36. The number of fused-ring (bicyclic) bond motifs is 2. The van der Waals surface area contributed by atoms with Crippen molar-refractivity contribution in [2.45, 2.75) is 43.3 Å². The van der Waals surface area contributed by atoms with Crippen LogP contribution in [0, 0.1) is 11.3 Å². The fourth-order valence-electron chi connectivity index (χ4n) is 3.03. The van der Waals surface area contributed by atoms with Crippen molar-refractivity contribution in [2.24, 2.45) is 0 Å². The minimum Gasteiger partial charge on any atom is -0.492 e. The van der Waals surface area contributed by atoms with Crippen LogP contribution >= 0.6 is 0 Å². The molecule has 2 fully saturated rings. The Balaban J connectivity index is 1.75. The number of rotatable bonds is 2. The van der Waals surface area contributed by atoms with Crippen molar-refractivity contribution in [3.05, 3.63) is 23.3 Å². The molecular weight excluding hydrogens is 242 g/mol. The highest BCUT2D eigenvalue weighted by atomic mass is 16.5. The van der Waals surface area contributed by atoms with Gasteiger partial charge in [0.25, 0.3) is 0 Å². The molecule has 19 heavy (non-hydrogen) atoms. The summed E-state index contributed by atoms with van der Waals surface area (Å²) >= 11 is 0. The van der Waals surface area contributed by atoms with Gasteiger partial charge in [-0.3, -0.25) is 0 Å². The first-order valence-corrected chi connectivity index (χ1v) is 6.77. The van der Waals surface area contributed by atoms with Crippen LogP contribution in [0.1, 0.15) is 36.8 Å². The number of ether oxygens (including phenoxy) is 2. The molecule has 0 unspecified atom stereocenters. The monoisotopic (exact) mass is 257 g/mol. The molecule has 1 aromatic carbocycles. The van der Waals surface area contributed by atoms with Crippen LogP contribution in [0.2, 0.25) is 0 Å². The topological polar surface area (TPSA) is 62.5 Å². The predicted octanol–water partition coefficient (Wildman–Crippen LogP) is 1.88. The van der Waals surface area contributed by atoms with Crippen molar-refractivity contribution in [3.8, 4) is 17.6 Å². The van der Waals surface area contributed by atoms with E-state index in [1.165, 1.54) is 0 Å². The summed E-state index contributed by atoms with van der Waals surface area (Å²) in [7, 11) is 0. The number of aliphatic hydroxyl groups excluding tert-OH is 1. The minimum atomic E-state index is -0.251. The fraction of sp³-hybridized carbons (Fsp3) is 0.533. The molecule has 4 nitrogen and oxygen atoms in total. The Kier molecular flexibility index (Phi) is 2.13. The molecule has 1 aliphatic heterocycles. The summed E-state index contributed by atoms with van der Waals surface area (Å²) in [5.74, 6) is 1.57. The van der Waals surface area contributed by atoms with Crippen molar-refractivity contribution in [2.75, 3.05) is 6.61 Å². The third-order valence-corrected chi connectivity index (χ3v) is 4.48. The molecule has 98 valence electrons. The Hall–Kier alpha value is -1.73. The third-order valence-electron chi connectivity index (χ3n) is 4.48. The molecule has 3 aliphatic rings. The van der Waals surface area contributed by atoms with Crippen LogP contribution in [-0.4, -0.2) is 23.9 Å². The zero-order valence-corrected chi connectivity index (χ0v) is 10.6. The van der Waals surface area contributed by atoms with E-state index in [2.05, 4.69) is 6.07 Å². The largest absolute Gasteiger partial charge is 0.492 e. The molecule has 0 aromatic heterocycles. The highest BCUT2D eigenvalue weighted by Crippen LogP contribution is 2.59. The lowest BCUT2D eigenvalue weighted by molar-refractivity contribution is -0.0114. The van der Waals surface area contributed by atoms with Crippen molar-refractivity contribution in [3.63, 3.8) is 0 Å². The average Bonchev–Trinajstić information content (AvgIpc) is 3.05. The number of benzene rings is 1. The van der Waals surface area contributed by atoms with E-state index in [1.807, 2.05) is 6.07 Å². The normalized spacial score (nSPS) is 29.1. The minimum absolute atomic E-state index is 0.0324. The Labute approximate surface area is 111 Å². The summed E-state index contributed by atoms with van der Waals surface area (Å²) in [5.41, 5.74) is 1.77. The lowest BCUT2D eigenvalue weighted by atomic mass is 9.91.